The van der Waals surface area contributed by atoms with E-state index in [0.29, 0.717) is 17.9 Å². The molecule has 0 spiro atoms. The molecule has 0 heterocycles. The van der Waals surface area contributed by atoms with Gasteiger partial charge < -0.3 is 5.11 Å². The van der Waals surface area contributed by atoms with E-state index in [0.717, 1.165) is 18.9 Å². The second kappa shape index (κ2) is 5.58. The molecule has 1 atom stereocenters. The Bertz CT molecular complexity index is 352. The summed E-state index contributed by atoms with van der Waals surface area (Å²) in [7, 11) is 0. The van der Waals surface area contributed by atoms with E-state index in [4.69, 9.17) is 0 Å². The van der Waals surface area contributed by atoms with E-state index < -0.39 is 11.6 Å². The Morgan fingerprint density at radius 3 is 2.24 bits per heavy atom. The van der Waals surface area contributed by atoms with Crippen molar-refractivity contribution in [1.82, 2.24) is 0 Å². The Hall–Kier alpha value is -0.960. The first-order chi connectivity index (χ1) is 8.19. The maximum absolute atomic E-state index is 13.1. The van der Waals surface area contributed by atoms with Crippen LogP contribution < -0.4 is 0 Å². The molecule has 1 aromatic carbocycles. The Labute approximate surface area is 100 Å². The van der Waals surface area contributed by atoms with Crippen LogP contribution in [0.15, 0.2) is 18.2 Å². The van der Waals surface area contributed by atoms with Gasteiger partial charge in [-0.15, -0.1) is 0 Å². The van der Waals surface area contributed by atoms with E-state index >= 15 is 0 Å². The number of halogens is 2. The number of benzene rings is 1. The maximum atomic E-state index is 13.1. The number of hydrogen-bond acceptors (Lipinski definition) is 1. The molecule has 1 aliphatic rings. The zero-order valence-electron chi connectivity index (χ0n) is 9.83. The standard InChI is InChI=1S/C14H18F2O/c15-13-6-10(7-14(16)8-13)5-12(9-17)11-3-1-2-4-11/h6-8,11-12,17H,1-5,9H2. The first-order valence-corrected chi connectivity index (χ1v) is 6.25. The van der Waals surface area contributed by atoms with Crippen LogP contribution in [0.5, 0.6) is 0 Å². The summed E-state index contributed by atoms with van der Waals surface area (Å²) in [4.78, 5) is 0. The number of aliphatic hydroxyl groups excluding tert-OH is 1. The summed E-state index contributed by atoms with van der Waals surface area (Å²) < 4.78 is 26.1. The molecule has 1 aromatic rings. The van der Waals surface area contributed by atoms with Crippen LogP contribution in [0.3, 0.4) is 0 Å². The molecule has 1 nitrogen and oxygen atoms in total. The van der Waals surface area contributed by atoms with E-state index in [-0.39, 0.29) is 12.5 Å². The molecule has 2 rings (SSSR count). The molecular weight excluding hydrogens is 222 g/mol. The van der Waals surface area contributed by atoms with Crippen LogP contribution in [0, 0.1) is 23.5 Å². The Kier molecular flexibility index (Phi) is 4.11. The van der Waals surface area contributed by atoms with Gasteiger partial charge in [0.1, 0.15) is 11.6 Å². The average Bonchev–Trinajstić information content (AvgIpc) is 2.77. The lowest BCUT2D eigenvalue weighted by Gasteiger charge is -2.21. The summed E-state index contributed by atoms with van der Waals surface area (Å²) in [6.07, 6.45) is 5.24. The second-order valence-electron chi connectivity index (χ2n) is 4.97. The van der Waals surface area contributed by atoms with Crippen molar-refractivity contribution in [2.24, 2.45) is 11.8 Å². The quantitative estimate of drug-likeness (QED) is 0.856. The van der Waals surface area contributed by atoms with Crippen molar-refractivity contribution >= 4 is 0 Å². The van der Waals surface area contributed by atoms with Gasteiger partial charge in [0.25, 0.3) is 0 Å². The second-order valence-corrected chi connectivity index (χ2v) is 4.97. The fraction of sp³-hybridized carbons (Fsp3) is 0.571. The minimum Gasteiger partial charge on any atom is -0.396 e. The summed E-state index contributed by atoms with van der Waals surface area (Å²) >= 11 is 0. The fourth-order valence-electron chi connectivity index (χ4n) is 2.84. The third-order valence-corrected chi connectivity index (χ3v) is 3.72. The zero-order valence-corrected chi connectivity index (χ0v) is 9.83. The largest absolute Gasteiger partial charge is 0.396 e. The average molecular weight is 240 g/mol. The predicted molar refractivity (Wildman–Crippen MR) is 62.6 cm³/mol. The Morgan fingerprint density at radius 1 is 1.12 bits per heavy atom. The van der Waals surface area contributed by atoms with Crippen molar-refractivity contribution in [3.63, 3.8) is 0 Å². The van der Waals surface area contributed by atoms with Crippen molar-refractivity contribution in [3.05, 3.63) is 35.4 Å². The van der Waals surface area contributed by atoms with Gasteiger partial charge in [-0.05, 0) is 36.0 Å². The van der Waals surface area contributed by atoms with Crippen LogP contribution >= 0.6 is 0 Å². The molecule has 0 bridgehead atoms. The van der Waals surface area contributed by atoms with Crippen LogP contribution in [0.1, 0.15) is 31.2 Å². The highest BCUT2D eigenvalue weighted by molar-refractivity contribution is 5.18. The highest BCUT2D eigenvalue weighted by Gasteiger charge is 2.24. The van der Waals surface area contributed by atoms with Gasteiger partial charge in [0.2, 0.25) is 0 Å². The van der Waals surface area contributed by atoms with E-state index in [1.807, 2.05) is 0 Å². The van der Waals surface area contributed by atoms with Gasteiger partial charge in [-0.25, -0.2) is 8.78 Å². The summed E-state index contributed by atoms with van der Waals surface area (Å²) in [5, 5.41) is 9.40. The molecule has 1 N–H and O–H groups in total. The van der Waals surface area contributed by atoms with Gasteiger partial charge in [0.15, 0.2) is 0 Å². The maximum Gasteiger partial charge on any atom is 0.126 e. The smallest absolute Gasteiger partial charge is 0.126 e. The lowest BCUT2D eigenvalue weighted by atomic mass is 9.86. The summed E-state index contributed by atoms with van der Waals surface area (Å²) in [6, 6.07) is 3.61. The third kappa shape index (κ3) is 3.25. The number of aliphatic hydroxyl groups is 1. The molecule has 0 radical (unpaired) electrons. The highest BCUT2D eigenvalue weighted by atomic mass is 19.1. The minimum absolute atomic E-state index is 0.1000. The lowest BCUT2D eigenvalue weighted by molar-refractivity contribution is 0.175. The monoisotopic (exact) mass is 240 g/mol. The van der Waals surface area contributed by atoms with Gasteiger partial charge in [-0.1, -0.05) is 25.7 Å². The van der Waals surface area contributed by atoms with Gasteiger partial charge >= 0.3 is 0 Å². The summed E-state index contributed by atoms with van der Waals surface area (Å²) in [5.74, 6) is -0.434. The first kappa shape index (κ1) is 12.5. The van der Waals surface area contributed by atoms with Crippen LogP contribution in [0.2, 0.25) is 0 Å². The summed E-state index contributed by atoms with van der Waals surface area (Å²) in [6.45, 7) is 0.1000. The van der Waals surface area contributed by atoms with E-state index in [2.05, 4.69) is 0 Å². The van der Waals surface area contributed by atoms with Crippen molar-refractivity contribution in [2.75, 3.05) is 6.61 Å². The fourth-order valence-corrected chi connectivity index (χ4v) is 2.84. The molecule has 3 heteroatoms. The molecular formula is C14H18F2O. The van der Waals surface area contributed by atoms with Crippen LogP contribution in [-0.4, -0.2) is 11.7 Å². The number of hydrogen-bond donors (Lipinski definition) is 1. The topological polar surface area (TPSA) is 20.2 Å². The normalized spacial score (nSPS) is 18.5. The molecule has 0 aromatic heterocycles. The van der Waals surface area contributed by atoms with E-state index in [9.17, 15) is 13.9 Å². The molecule has 1 unspecified atom stereocenters. The van der Waals surface area contributed by atoms with Gasteiger partial charge in [0.05, 0.1) is 0 Å². The molecule has 1 saturated carbocycles. The van der Waals surface area contributed by atoms with Gasteiger partial charge in [-0.3, -0.25) is 0 Å². The SMILES string of the molecule is OCC(Cc1cc(F)cc(F)c1)C1CCCC1. The molecule has 1 aliphatic carbocycles. The molecule has 0 saturated heterocycles. The zero-order chi connectivity index (χ0) is 12.3. The third-order valence-electron chi connectivity index (χ3n) is 3.72. The molecule has 1 fully saturated rings. The first-order valence-electron chi connectivity index (χ1n) is 6.25. The Balaban J connectivity index is 2.06. The minimum atomic E-state index is -0.539. The Morgan fingerprint density at radius 2 is 1.71 bits per heavy atom. The lowest BCUT2D eigenvalue weighted by Crippen LogP contribution is -2.18. The van der Waals surface area contributed by atoms with E-state index in [1.165, 1.54) is 25.0 Å². The van der Waals surface area contributed by atoms with Crippen molar-refractivity contribution in [1.29, 1.82) is 0 Å². The van der Waals surface area contributed by atoms with Crippen molar-refractivity contribution in [3.8, 4) is 0 Å². The molecule has 94 valence electrons. The van der Waals surface area contributed by atoms with Crippen molar-refractivity contribution in [2.45, 2.75) is 32.1 Å². The molecule has 0 aliphatic heterocycles. The number of rotatable bonds is 4. The molecule has 17 heavy (non-hydrogen) atoms. The van der Waals surface area contributed by atoms with E-state index in [1.54, 1.807) is 0 Å². The van der Waals surface area contributed by atoms with Crippen LogP contribution in [-0.2, 0) is 6.42 Å². The van der Waals surface area contributed by atoms with Gasteiger partial charge in [-0.2, -0.15) is 0 Å². The molecule has 0 amide bonds. The highest BCUT2D eigenvalue weighted by Crippen LogP contribution is 2.33. The predicted octanol–water partition coefficient (Wildman–Crippen LogP) is 3.31. The van der Waals surface area contributed by atoms with Crippen LogP contribution in [0.4, 0.5) is 8.78 Å². The van der Waals surface area contributed by atoms with Crippen LogP contribution in [0.25, 0.3) is 0 Å². The van der Waals surface area contributed by atoms with Gasteiger partial charge in [0, 0.05) is 12.7 Å². The van der Waals surface area contributed by atoms with Crippen molar-refractivity contribution < 1.29 is 13.9 Å². The summed E-state index contributed by atoms with van der Waals surface area (Å²) in [5.41, 5.74) is 0.647.